The van der Waals surface area contributed by atoms with Crippen molar-refractivity contribution in [2.45, 2.75) is 12.8 Å². The van der Waals surface area contributed by atoms with E-state index in [9.17, 15) is 9.59 Å². The van der Waals surface area contributed by atoms with Gasteiger partial charge in [-0.05, 0) is 24.1 Å². The molecule has 3 N–H and O–H groups in total. The fourth-order valence-electron chi connectivity index (χ4n) is 2.06. The van der Waals surface area contributed by atoms with E-state index in [0.717, 1.165) is 5.56 Å². The average molecular weight is 405 g/mol. The van der Waals surface area contributed by atoms with Gasteiger partial charge in [-0.1, -0.05) is 29.3 Å². The molecule has 9 heteroatoms. The van der Waals surface area contributed by atoms with Crippen LogP contribution < -0.4 is 11.1 Å². The topological polar surface area (TPSA) is 94.3 Å². The minimum Gasteiger partial charge on any atom is -0.469 e. The van der Waals surface area contributed by atoms with Crippen molar-refractivity contribution >= 4 is 58.9 Å². The van der Waals surface area contributed by atoms with Crippen LogP contribution >= 0.6 is 35.6 Å². The summed E-state index contributed by atoms with van der Waals surface area (Å²) in [4.78, 5) is 27.3. The van der Waals surface area contributed by atoms with Crippen LogP contribution in [0.15, 0.2) is 30.6 Å². The van der Waals surface area contributed by atoms with Crippen molar-refractivity contribution in [1.82, 2.24) is 4.98 Å². The fraction of sp³-hybridized carbons (Fsp3) is 0.188. The molecule has 1 aromatic heterocycles. The van der Waals surface area contributed by atoms with Gasteiger partial charge in [-0.2, -0.15) is 0 Å². The summed E-state index contributed by atoms with van der Waals surface area (Å²) >= 11 is 11.9. The van der Waals surface area contributed by atoms with Gasteiger partial charge < -0.3 is 15.8 Å². The van der Waals surface area contributed by atoms with Gasteiger partial charge in [-0.3, -0.25) is 14.6 Å². The van der Waals surface area contributed by atoms with Gasteiger partial charge in [0.05, 0.1) is 22.7 Å². The van der Waals surface area contributed by atoms with Crippen molar-refractivity contribution in [3.8, 4) is 0 Å². The SMILES string of the molecule is COC(=O)CCc1ccc(NC(=O)c2c(Cl)cncc2Cl)cc1N.Cl. The van der Waals surface area contributed by atoms with Crippen molar-refractivity contribution in [3.05, 3.63) is 51.8 Å². The van der Waals surface area contributed by atoms with Gasteiger partial charge >= 0.3 is 5.97 Å². The first-order chi connectivity index (χ1) is 11.4. The maximum absolute atomic E-state index is 12.3. The molecule has 1 amide bonds. The zero-order valence-corrected chi connectivity index (χ0v) is 15.5. The normalized spacial score (nSPS) is 9.88. The number of esters is 1. The predicted octanol–water partition coefficient (Wildman–Crippen LogP) is 3.75. The Morgan fingerprint density at radius 1 is 1.24 bits per heavy atom. The number of hydrogen-bond acceptors (Lipinski definition) is 5. The van der Waals surface area contributed by atoms with Crippen molar-refractivity contribution in [2.75, 3.05) is 18.2 Å². The van der Waals surface area contributed by atoms with Gasteiger partial charge in [-0.25, -0.2) is 0 Å². The Balaban J connectivity index is 0.00000312. The van der Waals surface area contributed by atoms with Crippen LogP contribution in [0.4, 0.5) is 11.4 Å². The molecule has 1 heterocycles. The summed E-state index contributed by atoms with van der Waals surface area (Å²) in [6.07, 6.45) is 3.36. The molecule has 0 saturated carbocycles. The van der Waals surface area contributed by atoms with E-state index >= 15 is 0 Å². The Hall–Kier alpha value is -2.02. The first kappa shape index (κ1) is 21.0. The van der Waals surface area contributed by atoms with Gasteiger partial charge in [0, 0.05) is 30.2 Å². The highest BCUT2D eigenvalue weighted by atomic mass is 35.5. The first-order valence-electron chi connectivity index (χ1n) is 6.98. The smallest absolute Gasteiger partial charge is 0.305 e. The molecule has 0 saturated heterocycles. The molecule has 0 fully saturated rings. The Morgan fingerprint density at radius 2 is 1.88 bits per heavy atom. The lowest BCUT2D eigenvalue weighted by atomic mass is 10.1. The number of aromatic nitrogens is 1. The lowest BCUT2D eigenvalue weighted by molar-refractivity contribution is -0.140. The summed E-state index contributed by atoms with van der Waals surface area (Å²) in [6.45, 7) is 0. The molecule has 0 spiro atoms. The Bertz CT molecular complexity index is 764. The van der Waals surface area contributed by atoms with E-state index in [1.807, 2.05) is 0 Å². The van der Waals surface area contributed by atoms with Gasteiger partial charge in [0.25, 0.3) is 5.91 Å². The van der Waals surface area contributed by atoms with Gasteiger partial charge in [0.2, 0.25) is 0 Å². The summed E-state index contributed by atoms with van der Waals surface area (Å²) in [7, 11) is 1.33. The molecule has 0 aliphatic carbocycles. The third kappa shape index (κ3) is 5.49. The Morgan fingerprint density at radius 3 is 2.44 bits per heavy atom. The number of nitrogens with zero attached hydrogens (tertiary/aromatic N) is 1. The molecule has 25 heavy (non-hydrogen) atoms. The van der Waals surface area contributed by atoms with E-state index < -0.39 is 5.91 Å². The summed E-state index contributed by atoms with van der Waals surface area (Å²) in [5.41, 5.74) is 7.84. The number of nitrogens with one attached hydrogen (secondary N) is 1. The second-order valence-corrected chi connectivity index (χ2v) is 5.74. The number of nitrogen functional groups attached to an aromatic ring is 1. The Kier molecular flexibility index (Phi) is 7.96. The van der Waals surface area contributed by atoms with Crippen LogP contribution in [0.3, 0.4) is 0 Å². The van der Waals surface area contributed by atoms with Crippen LogP contribution in [-0.2, 0) is 16.0 Å². The molecule has 6 nitrogen and oxygen atoms in total. The van der Waals surface area contributed by atoms with Crippen molar-refractivity contribution in [1.29, 1.82) is 0 Å². The molecule has 134 valence electrons. The van der Waals surface area contributed by atoms with E-state index in [2.05, 4.69) is 15.0 Å². The van der Waals surface area contributed by atoms with E-state index in [1.165, 1.54) is 19.5 Å². The van der Waals surface area contributed by atoms with Crippen LogP contribution in [0.1, 0.15) is 22.3 Å². The third-order valence-corrected chi connectivity index (χ3v) is 3.88. The monoisotopic (exact) mass is 403 g/mol. The number of aryl methyl sites for hydroxylation is 1. The molecule has 0 bridgehead atoms. The minimum atomic E-state index is -0.464. The standard InChI is InChI=1S/C16H15Cl2N3O3.ClH/c1-24-14(22)5-3-9-2-4-10(6-13(9)19)21-16(23)15-11(17)7-20-8-12(15)18;/h2,4,6-8H,3,5,19H2,1H3,(H,21,23);1H. The van der Waals surface area contributed by atoms with Crippen LogP contribution in [0.2, 0.25) is 10.0 Å². The quantitative estimate of drug-likeness (QED) is 0.584. The largest absolute Gasteiger partial charge is 0.469 e. The molecule has 0 aliphatic rings. The molecule has 0 atom stereocenters. The lowest BCUT2D eigenvalue weighted by Crippen LogP contribution is -2.14. The second kappa shape index (κ2) is 9.46. The van der Waals surface area contributed by atoms with E-state index in [1.54, 1.807) is 18.2 Å². The highest BCUT2D eigenvalue weighted by Gasteiger charge is 2.15. The molecular formula is C16H16Cl3N3O3. The number of pyridine rings is 1. The maximum Gasteiger partial charge on any atom is 0.305 e. The maximum atomic E-state index is 12.3. The van der Waals surface area contributed by atoms with E-state index in [4.69, 9.17) is 28.9 Å². The second-order valence-electron chi connectivity index (χ2n) is 4.92. The number of carbonyl (C=O) groups excluding carboxylic acids is 2. The van der Waals surface area contributed by atoms with E-state index in [0.29, 0.717) is 17.8 Å². The number of ether oxygens (including phenoxy) is 1. The van der Waals surface area contributed by atoms with Crippen LogP contribution in [0, 0.1) is 0 Å². The number of hydrogen-bond donors (Lipinski definition) is 2. The van der Waals surface area contributed by atoms with Gasteiger partial charge in [-0.15, -0.1) is 12.4 Å². The fourth-order valence-corrected chi connectivity index (χ4v) is 2.60. The highest BCUT2D eigenvalue weighted by Crippen LogP contribution is 2.25. The summed E-state index contributed by atoms with van der Waals surface area (Å²) in [6, 6.07) is 5.03. The highest BCUT2D eigenvalue weighted by molar-refractivity contribution is 6.40. The number of benzene rings is 1. The number of amides is 1. The number of anilines is 2. The lowest BCUT2D eigenvalue weighted by Gasteiger charge is -2.11. The first-order valence-corrected chi connectivity index (χ1v) is 7.73. The van der Waals surface area contributed by atoms with Crippen LogP contribution in [-0.4, -0.2) is 24.0 Å². The number of methoxy groups -OCH3 is 1. The zero-order valence-electron chi connectivity index (χ0n) is 13.2. The number of carbonyl (C=O) groups is 2. The number of rotatable bonds is 5. The summed E-state index contributed by atoms with van der Waals surface area (Å²) in [5, 5.41) is 2.99. The van der Waals surface area contributed by atoms with Crippen LogP contribution in [0.25, 0.3) is 0 Å². The molecular weight excluding hydrogens is 389 g/mol. The van der Waals surface area contributed by atoms with Crippen molar-refractivity contribution in [3.63, 3.8) is 0 Å². The Labute approximate surface area is 161 Å². The molecule has 2 aromatic rings. The summed E-state index contributed by atoms with van der Waals surface area (Å²) < 4.78 is 4.59. The summed E-state index contributed by atoms with van der Waals surface area (Å²) in [5.74, 6) is -0.775. The van der Waals surface area contributed by atoms with Crippen molar-refractivity contribution in [2.24, 2.45) is 0 Å². The predicted molar refractivity (Wildman–Crippen MR) is 101 cm³/mol. The van der Waals surface area contributed by atoms with Crippen molar-refractivity contribution < 1.29 is 14.3 Å². The molecule has 0 unspecified atom stereocenters. The molecule has 1 aromatic carbocycles. The van der Waals surface area contributed by atoms with Crippen LogP contribution in [0.5, 0.6) is 0 Å². The minimum absolute atomic E-state index is 0. The molecule has 0 aliphatic heterocycles. The zero-order chi connectivity index (χ0) is 17.7. The number of halogens is 3. The molecule has 2 rings (SSSR count). The molecule has 0 radical (unpaired) electrons. The van der Waals surface area contributed by atoms with Gasteiger partial charge in [0.15, 0.2) is 0 Å². The van der Waals surface area contributed by atoms with E-state index in [-0.39, 0.29) is 40.4 Å². The third-order valence-electron chi connectivity index (χ3n) is 3.31. The average Bonchev–Trinajstić information content (AvgIpc) is 2.53. The van der Waals surface area contributed by atoms with Gasteiger partial charge in [0.1, 0.15) is 0 Å². The number of nitrogens with two attached hydrogens (primary N) is 1.